The molecule has 0 spiro atoms. The van der Waals surface area contributed by atoms with E-state index in [4.69, 9.17) is 11.6 Å². The van der Waals surface area contributed by atoms with Crippen LogP contribution in [0.25, 0.3) is 11.1 Å². The van der Waals surface area contributed by atoms with Gasteiger partial charge in [0.2, 0.25) is 0 Å². The van der Waals surface area contributed by atoms with E-state index >= 15 is 0 Å². The first-order valence-electron chi connectivity index (χ1n) is 5.80. The highest BCUT2D eigenvalue weighted by atomic mass is 35.5. The topological polar surface area (TPSA) is 9.23 Å². The maximum Gasteiger partial charge on any atom is 0.573 e. The fourth-order valence-corrected chi connectivity index (χ4v) is 2.15. The highest BCUT2D eigenvalue weighted by Crippen LogP contribution is 2.40. The molecular formula is C14H7ClF6O. The van der Waals surface area contributed by atoms with Gasteiger partial charge in [-0.1, -0.05) is 29.8 Å². The molecule has 0 fully saturated rings. The number of halogens is 7. The van der Waals surface area contributed by atoms with Crippen LogP contribution in [0.5, 0.6) is 5.75 Å². The van der Waals surface area contributed by atoms with E-state index in [1.807, 2.05) is 0 Å². The van der Waals surface area contributed by atoms with Crippen molar-refractivity contribution in [2.75, 3.05) is 0 Å². The lowest BCUT2D eigenvalue weighted by Crippen LogP contribution is -2.17. The van der Waals surface area contributed by atoms with Gasteiger partial charge in [-0.25, -0.2) is 0 Å². The summed E-state index contributed by atoms with van der Waals surface area (Å²) in [5.41, 5.74) is -1.19. The van der Waals surface area contributed by atoms with E-state index in [1.54, 1.807) is 0 Å². The molecule has 0 heterocycles. The summed E-state index contributed by atoms with van der Waals surface area (Å²) in [5, 5.41) is -0.279. The molecule has 0 unspecified atom stereocenters. The highest BCUT2D eigenvalue weighted by Gasteiger charge is 2.34. The van der Waals surface area contributed by atoms with Crippen molar-refractivity contribution in [1.29, 1.82) is 0 Å². The van der Waals surface area contributed by atoms with Gasteiger partial charge in [0, 0.05) is 5.56 Å². The second-order valence-electron chi connectivity index (χ2n) is 4.23. The van der Waals surface area contributed by atoms with Crippen molar-refractivity contribution in [3.63, 3.8) is 0 Å². The molecule has 0 aliphatic rings. The van der Waals surface area contributed by atoms with Gasteiger partial charge < -0.3 is 4.74 Å². The minimum atomic E-state index is -4.91. The minimum absolute atomic E-state index is 0.0379. The first-order valence-corrected chi connectivity index (χ1v) is 6.17. The monoisotopic (exact) mass is 340 g/mol. The van der Waals surface area contributed by atoms with Crippen molar-refractivity contribution in [3.05, 3.63) is 53.1 Å². The fourth-order valence-electron chi connectivity index (χ4n) is 1.88. The minimum Gasteiger partial charge on any atom is -0.406 e. The molecule has 0 aromatic heterocycles. The summed E-state index contributed by atoms with van der Waals surface area (Å²) >= 11 is 5.80. The van der Waals surface area contributed by atoms with E-state index in [1.165, 1.54) is 18.2 Å². The molecule has 0 aliphatic carbocycles. The molecule has 0 radical (unpaired) electrons. The Morgan fingerprint density at radius 1 is 0.818 bits per heavy atom. The lowest BCUT2D eigenvalue weighted by molar-refractivity contribution is -0.274. The number of benzene rings is 2. The molecule has 1 nitrogen and oxygen atoms in total. The van der Waals surface area contributed by atoms with Gasteiger partial charge in [-0.3, -0.25) is 0 Å². The molecular weight excluding hydrogens is 334 g/mol. The number of hydrogen-bond donors (Lipinski definition) is 0. The van der Waals surface area contributed by atoms with Crippen LogP contribution in [-0.4, -0.2) is 6.36 Å². The molecule has 0 bridgehead atoms. The normalized spacial score (nSPS) is 12.3. The molecule has 0 aliphatic heterocycles. The summed E-state index contributed by atoms with van der Waals surface area (Å²) in [6.07, 6.45) is -9.52. The Morgan fingerprint density at radius 3 is 2.00 bits per heavy atom. The van der Waals surface area contributed by atoms with Crippen LogP contribution in [0.15, 0.2) is 42.5 Å². The van der Waals surface area contributed by atoms with Crippen molar-refractivity contribution in [1.82, 2.24) is 0 Å². The average molecular weight is 341 g/mol. The Kier molecular flexibility index (Phi) is 4.28. The number of ether oxygens (including phenoxy) is 1. The molecule has 0 saturated carbocycles. The Morgan fingerprint density at radius 2 is 1.45 bits per heavy atom. The molecule has 2 aromatic carbocycles. The van der Waals surface area contributed by atoms with Crippen LogP contribution < -0.4 is 4.74 Å². The van der Waals surface area contributed by atoms with Gasteiger partial charge in [0.1, 0.15) is 5.75 Å². The van der Waals surface area contributed by atoms with Crippen LogP contribution in [0.4, 0.5) is 26.3 Å². The van der Waals surface area contributed by atoms with Gasteiger partial charge in [-0.05, 0) is 29.8 Å². The molecule has 0 amide bonds. The highest BCUT2D eigenvalue weighted by molar-refractivity contribution is 6.33. The van der Waals surface area contributed by atoms with Crippen LogP contribution in [0.2, 0.25) is 5.02 Å². The van der Waals surface area contributed by atoms with Gasteiger partial charge in [0.05, 0.1) is 10.6 Å². The van der Waals surface area contributed by atoms with Crippen LogP contribution >= 0.6 is 11.6 Å². The van der Waals surface area contributed by atoms with Crippen LogP contribution in [-0.2, 0) is 6.18 Å². The smallest absolute Gasteiger partial charge is 0.406 e. The maximum absolute atomic E-state index is 13.0. The van der Waals surface area contributed by atoms with Crippen LogP contribution in [0.1, 0.15) is 5.56 Å². The summed E-state index contributed by atoms with van der Waals surface area (Å²) in [7, 11) is 0. The molecule has 118 valence electrons. The fraction of sp³-hybridized carbons (Fsp3) is 0.143. The predicted octanol–water partition coefficient (Wildman–Crippen LogP) is 5.92. The third-order valence-electron chi connectivity index (χ3n) is 2.70. The molecule has 2 rings (SSSR count). The third-order valence-corrected chi connectivity index (χ3v) is 3.01. The van der Waals surface area contributed by atoms with Crippen molar-refractivity contribution in [2.24, 2.45) is 0 Å². The van der Waals surface area contributed by atoms with Crippen molar-refractivity contribution >= 4 is 11.6 Å². The Balaban J connectivity index is 2.47. The Labute approximate surface area is 126 Å². The Bertz CT molecular complexity index is 678. The zero-order valence-corrected chi connectivity index (χ0v) is 11.4. The van der Waals surface area contributed by atoms with Crippen molar-refractivity contribution in [2.45, 2.75) is 12.5 Å². The standard InChI is InChI=1S/C14H7ClF6O/c15-12-7-8(22-14(19,20)21)5-6-10(12)9-3-1-2-4-11(9)13(16,17)18/h1-7H. The van der Waals surface area contributed by atoms with E-state index in [9.17, 15) is 26.3 Å². The van der Waals surface area contributed by atoms with Gasteiger partial charge in [-0.15, -0.1) is 13.2 Å². The SMILES string of the molecule is FC(F)(F)Oc1ccc(-c2ccccc2C(F)(F)F)c(Cl)c1. The molecule has 8 heteroatoms. The number of hydrogen-bond acceptors (Lipinski definition) is 1. The lowest BCUT2D eigenvalue weighted by atomic mass is 9.99. The second-order valence-corrected chi connectivity index (χ2v) is 4.64. The summed E-state index contributed by atoms with van der Waals surface area (Å²) in [6.45, 7) is 0. The molecule has 0 atom stereocenters. The summed E-state index contributed by atoms with van der Waals surface area (Å²) in [4.78, 5) is 0. The number of rotatable bonds is 2. The molecule has 22 heavy (non-hydrogen) atoms. The van der Waals surface area contributed by atoms with Gasteiger partial charge in [0.25, 0.3) is 0 Å². The zero-order valence-electron chi connectivity index (χ0n) is 10.6. The van der Waals surface area contributed by atoms with Crippen LogP contribution in [0, 0.1) is 0 Å². The van der Waals surface area contributed by atoms with Gasteiger partial charge in [0.15, 0.2) is 0 Å². The van der Waals surface area contributed by atoms with E-state index < -0.39 is 23.9 Å². The third kappa shape index (κ3) is 3.85. The summed E-state index contributed by atoms with van der Waals surface area (Å²) < 4.78 is 78.8. The predicted molar refractivity (Wildman–Crippen MR) is 68.6 cm³/mol. The van der Waals surface area contributed by atoms with Crippen molar-refractivity contribution in [3.8, 4) is 16.9 Å². The van der Waals surface area contributed by atoms with E-state index in [0.717, 1.165) is 24.3 Å². The molecule has 0 saturated heterocycles. The zero-order chi connectivity index (χ0) is 16.5. The van der Waals surface area contributed by atoms with E-state index in [2.05, 4.69) is 4.74 Å². The quantitative estimate of drug-likeness (QED) is 0.616. The molecule has 0 N–H and O–H groups in total. The first kappa shape index (κ1) is 16.5. The Hall–Kier alpha value is -1.89. The van der Waals surface area contributed by atoms with Gasteiger partial charge >= 0.3 is 12.5 Å². The van der Waals surface area contributed by atoms with Crippen molar-refractivity contribution < 1.29 is 31.1 Å². The lowest BCUT2D eigenvalue weighted by Gasteiger charge is -2.15. The largest absolute Gasteiger partial charge is 0.573 e. The first-order chi connectivity index (χ1) is 10.1. The number of alkyl halides is 6. The van der Waals surface area contributed by atoms with Gasteiger partial charge in [-0.2, -0.15) is 13.2 Å². The second kappa shape index (κ2) is 5.72. The summed E-state index contributed by atoms with van der Waals surface area (Å²) in [5.74, 6) is -0.606. The maximum atomic E-state index is 13.0. The van der Waals surface area contributed by atoms with Crippen LogP contribution in [0.3, 0.4) is 0 Å². The average Bonchev–Trinajstić information content (AvgIpc) is 2.36. The summed E-state index contributed by atoms with van der Waals surface area (Å²) in [6, 6.07) is 7.41. The van der Waals surface area contributed by atoms with E-state index in [-0.39, 0.29) is 16.1 Å². The molecule has 2 aromatic rings. The van der Waals surface area contributed by atoms with E-state index in [0.29, 0.717) is 0 Å².